The van der Waals surface area contributed by atoms with Gasteiger partial charge in [-0.25, -0.2) is 4.79 Å². The molecule has 0 aromatic rings. The number of ether oxygens (including phenoxy) is 1. The molecule has 1 saturated carbocycles. The molecule has 3 rings (SSSR count). The second-order valence-electron chi connectivity index (χ2n) is 6.30. The fourth-order valence-corrected chi connectivity index (χ4v) is 4.10. The molecule has 3 fully saturated rings. The van der Waals surface area contributed by atoms with Crippen LogP contribution in [0.2, 0.25) is 0 Å². The van der Waals surface area contributed by atoms with E-state index >= 15 is 0 Å². The van der Waals surface area contributed by atoms with Gasteiger partial charge in [0.2, 0.25) is 0 Å². The lowest BCUT2D eigenvalue weighted by Crippen LogP contribution is -2.51. The highest BCUT2D eigenvalue weighted by Crippen LogP contribution is 2.40. The third-order valence-corrected chi connectivity index (χ3v) is 5.08. The van der Waals surface area contributed by atoms with E-state index in [1.165, 1.54) is 0 Å². The molecule has 2 aliphatic heterocycles. The summed E-state index contributed by atoms with van der Waals surface area (Å²) in [6.45, 7) is 0.621. The molecular weight excluding hydrogens is 258 g/mol. The van der Waals surface area contributed by atoms with Crippen molar-refractivity contribution in [3.63, 3.8) is 0 Å². The smallest absolute Gasteiger partial charge is 0.326 e. The van der Waals surface area contributed by atoms with Gasteiger partial charge in [0.05, 0.1) is 0 Å². The summed E-state index contributed by atoms with van der Waals surface area (Å²) in [4.78, 5) is 25.9. The second kappa shape index (κ2) is 5.72. The number of fused-ring (bicyclic) bond motifs is 1. The van der Waals surface area contributed by atoms with E-state index in [1.54, 1.807) is 4.90 Å². The third-order valence-electron chi connectivity index (χ3n) is 5.08. The zero-order valence-corrected chi connectivity index (χ0v) is 11.8. The highest BCUT2D eigenvalue weighted by atomic mass is 16.5. The van der Waals surface area contributed by atoms with Crippen molar-refractivity contribution >= 4 is 11.9 Å². The molecule has 20 heavy (non-hydrogen) atoms. The minimum atomic E-state index is -0.858. The Balaban J connectivity index is 1.79. The normalized spacial score (nSPS) is 37.5. The predicted octanol–water partition coefficient (Wildman–Crippen LogP) is 1.80. The zero-order valence-electron chi connectivity index (χ0n) is 11.8. The fourth-order valence-electron chi connectivity index (χ4n) is 4.10. The van der Waals surface area contributed by atoms with Crippen LogP contribution in [0.3, 0.4) is 0 Å². The minimum absolute atomic E-state index is 0.0773. The summed E-state index contributed by atoms with van der Waals surface area (Å²) in [6.07, 6.45) is 7.21. The van der Waals surface area contributed by atoms with Crippen LogP contribution in [0, 0.1) is 5.92 Å². The minimum Gasteiger partial charge on any atom is -0.480 e. The van der Waals surface area contributed by atoms with Crippen molar-refractivity contribution in [1.82, 2.24) is 4.90 Å². The summed E-state index contributed by atoms with van der Waals surface area (Å²) in [5.74, 6) is -0.563. The number of hydrogen-bond donors (Lipinski definition) is 1. The van der Waals surface area contributed by atoms with Gasteiger partial charge in [0.15, 0.2) is 0 Å². The SMILES string of the molecule is O=C(O)[C@@H]1C[C@@H]2CCCC[C@H]2N1C(=O)[C@H]1CCCCO1. The van der Waals surface area contributed by atoms with Crippen LogP contribution >= 0.6 is 0 Å². The molecule has 5 nitrogen and oxygen atoms in total. The highest BCUT2D eigenvalue weighted by molar-refractivity contribution is 5.87. The van der Waals surface area contributed by atoms with Gasteiger partial charge in [-0.2, -0.15) is 0 Å². The summed E-state index contributed by atoms with van der Waals surface area (Å²) in [5, 5.41) is 9.44. The largest absolute Gasteiger partial charge is 0.480 e. The second-order valence-corrected chi connectivity index (χ2v) is 6.30. The number of rotatable bonds is 2. The lowest BCUT2D eigenvalue weighted by atomic mass is 9.84. The van der Waals surface area contributed by atoms with Gasteiger partial charge < -0.3 is 14.7 Å². The topological polar surface area (TPSA) is 66.8 Å². The molecule has 1 aliphatic carbocycles. The van der Waals surface area contributed by atoms with E-state index in [-0.39, 0.29) is 11.9 Å². The Bertz CT molecular complexity index is 391. The maximum atomic E-state index is 12.7. The molecule has 3 aliphatic rings. The predicted molar refractivity (Wildman–Crippen MR) is 72.2 cm³/mol. The first-order valence-electron chi connectivity index (χ1n) is 7.85. The van der Waals surface area contributed by atoms with Gasteiger partial charge in [-0.3, -0.25) is 4.79 Å². The van der Waals surface area contributed by atoms with E-state index in [2.05, 4.69) is 0 Å². The van der Waals surface area contributed by atoms with E-state index in [4.69, 9.17) is 4.74 Å². The number of hydrogen-bond acceptors (Lipinski definition) is 3. The molecule has 2 heterocycles. The fraction of sp³-hybridized carbons (Fsp3) is 0.867. The molecular formula is C15H23NO4. The molecule has 5 heteroatoms. The first-order valence-corrected chi connectivity index (χ1v) is 7.85. The Kier molecular flexibility index (Phi) is 3.96. The maximum absolute atomic E-state index is 12.7. The van der Waals surface area contributed by atoms with Crippen LogP contribution in [0.15, 0.2) is 0 Å². The van der Waals surface area contributed by atoms with Crippen LogP contribution in [-0.4, -0.2) is 46.7 Å². The zero-order chi connectivity index (χ0) is 14.1. The first kappa shape index (κ1) is 13.9. The molecule has 0 bridgehead atoms. The number of nitrogens with zero attached hydrogens (tertiary/aromatic N) is 1. The van der Waals surface area contributed by atoms with Crippen LogP contribution in [0.1, 0.15) is 51.4 Å². The Hall–Kier alpha value is -1.10. The summed E-state index contributed by atoms with van der Waals surface area (Å²) < 4.78 is 5.58. The highest BCUT2D eigenvalue weighted by Gasteiger charge is 2.49. The Morgan fingerprint density at radius 3 is 2.50 bits per heavy atom. The third kappa shape index (κ3) is 2.43. The Morgan fingerprint density at radius 2 is 1.80 bits per heavy atom. The average molecular weight is 281 g/mol. The first-order chi connectivity index (χ1) is 9.68. The molecule has 0 radical (unpaired) electrons. The Morgan fingerprint density at radius 1 is 1.05 bits per heavy atom. The van der Waals surface area contributed by atoms with Crippen LogP contribution in [0.4, 0.5) is 0 Å². The van der Waals surface area contributed by atoms with Gasteiger partial charge in [-0.15, -0.1) is 0 Å². The molecule has 112 valence electrons. The molecule has 1 N–H and O–H groups in total. The van der Waals surface area contributed by atoms with Gasteiger partial charge in [0.25, 0.3) is 5.91 Å². The van der Waals surface area contributed by atoms with Crippen LogP contribution < -0.4 is 0 Å². The Labute approximate surface area is 119 Å². The summed E-state index contributed by atoms with van der Waals surface area (Å²) in [7, 11) is 0. The van der Waals surface area contributed by atoms with Gasteiger partial charge in [0, 0.05) is 12.6 Å². The van der Waals surface area contributed by atoms with Gasteiger partial charge in [-0.05, 0) is 44.4 Å². The van der Waals surface area contributed by atoms with Crippen molar-refractivity contribution in [1.29, 1.82) is 0 Å². The molecule has 2 saturated heterocycles. The number of carboxylic acid groups (broad SMARTS) is 1. The molecule has 1 amide bonds. The maximum Gasteiger partial charge on any atom is 0.326 e. The molecule has 0 aromatic heterocycles. The quantitative estimate of drug-likeness (QED) is 0.838. The van der Waals surface area contributed by atoms with Crippen molar-refractivity contribution in [2.45, 2.75) is 69.6 Å². The summed E-state index contributed by atoms with van der Waals surface area (Å²) in [6, 6.07) is -0.510. The average Bonchev–Trinajstić information content (AvgIpc) is 2.87. The molecule has 0 unspecified atom stereocenters. The van der Waals surface area contributed by atoms with Gasteiger partial charge >= 0.3 is 5.97 Å². The number of carbonyl (C=O) groups is 2. The number of carbonyl (C=O) groups excluding carboxylic acids is 1. The molecule has 0 spiro atoms. The van der Waals surface area contributed by atoms with E-state index in [1.807, 2.05) is 0 Å². The van der Waals surface area contributed by atoms with Gasteiger partial charge in [0.1, 0.15) is 12.1 Å². The number of likely N-dealkylation sites (tertiary alicyclic amines) is 1. The van der Waals surface area contributed by atoms with E-state index in [0.717, 1.165) is 44.9 Å². The summed E-state index contributed by atoms with van der Waals surface area (Å²) >= 11 is 0. The lowest BCUT2D eigenvalue weighted by molar-refractivity contribution is -0.158. The van der Waals surface area contributed by atoms with E-state index in [9.17, 15) is 14.7 Å². The van der Waals surface area contributed by atoms with Crippen molar-refractivity contribution in [3.05, 3.63) is 0 Å². The van der Waals surface area contributed by atoms with Crippen molar-refractivity contribution < 1.29 is 19.4 Å². The van der Waals surface area contributed by atoms with Crippen LogP contribution in [-0.2, 0) is 14.3 Å². The summed E-state index contributed by atoms with van der Waals surface area (Å²) in [5.41, 5.74) is 0. The lowest BCUT2D eigenvalue weighted by Gasteiger charge is -2.36. The van der Waals surface area contributed by atoms with E-state index < -0.39 is 18.1 Å². The van der Waals surface area contributed by atoms with Crippen molar-refractivity contribution in [2.75, 3.05) is 6.61 Å². The van der Waals surface area contributed by atoms with Gasteiger partial charge in [-0.1, -0.05) is 12.8 Å². The number of aliphatic carboxylic acids is 1. The standard InChI is InChI=1S/C15H23NO4/c17-14(13-7-3-4-8-20-13)16-11-6-2-1-5-10(11)9-12(16)15(18)19/h10-13H,1-9H2,(H,18,19)/t10-,11+,12-,13+/m0/s1. The van der Waals surface area contributed by atoms with Crippen molar-refractivity contribution in [2.24, 2.45) is 5.92 Å². The van der Waals surface area contributed by atoms with Crippen LogP contribution in [0.25, 0.3) is 0 Å². The van der Waals surface area contributed by atoms with E-state index in [0.29, 0.717) is 18.9 Å². The monoisotopic (exact) mass is 281 g/mol. The molecule has 4 atom stereocenters. The number of amides is 1. The number of carboxylic acids is 1. The molecule has 0 aromatic carbocycles. The van der Waals surface area contributed by atoms with Crippen LogP contribution in [0.5, 0.6) is 0 Å². The van der Waals surface area contributed by atoms with Crippen molar-refractivity contribution in [3.8, 4) is 0 Å².